The number of anilines is 1. The minimum Gasteiger partial charge on any atom is -0.508 e. The Morgan fingerprint density at radius 1 is 1.02 bits per heavy atom. The van der Waals surface area contributed by atoms with Crippen LogP contribution in [0.2, 0.25) is 0 Å². The molecular weight excluding hydrogens is 530 g/mol. The SMILES string of the molecule is C[C@H](O)C(=O)N1C[C@H]2CC[C@@H](C1)N2c1nc(OC[C@@H]2CCCN2C)nc2cc(-c3cc(O)cc4ccccc34)ccc12. The molecule has 9 heteroatoms. The molecule has 2 bridgehead atoms. The van der Waals surface area contributed by atoms with Gasteiger partial charge in [0, 0.05) is 36.6 Å². The van der Waals surface area contributed by atoms with Gasteiger partial charge in [-0.25, -0.2) is 0 Å². The van der Waals surface area contributed by atoms with Crippen molar-refractivity contribution < 1.29 is 19.7 Å². The number of hydrogen-bond donors (Lipinski definition) is 2. The summed E-state index contributed by atoms with van der Waals surface area (Å²) in [6.45, 7) is 4.25. The molecule has 42 heavy (non-hydrogen) atoms. The fourth-order valence-corrected chi connectivity index (χ4v) is 7.11. The van der Waals surface area contributed by atoms with Crippen LogP contribution in [0, 0.1) is 0 Å². The number of aromatic nitrogens is 2. The highest BCUT2D eigenvalue weighted by atomic mass is 16.5. The van der Waals surface area contributed by atoms with E-state index in [1.54, 1.807) is 17.0 Å². The monoisotopic (exact) mass is 567 g/mol. The van der Waals surface area contributed by atoms with Crippen molar-refractivity contribution in [1.29, 1.82) is 0 Å². The molecule has 3 aromatic carbocycles. The Morgan fingerprint density at radius 2 is 1.81 bits per heavy atom. The molecule has 9 nitrogen and oxygen atoms in total. The number of rotatable bonds is 6. The lowest BCUT2D eigenvalue weighted by atomic mass is 9.97. The summed E-state index contributed by atoms with van der Waals surface area (Å²) in [5, 5.41) is 23.4. The summed E-state index contributed by atoms with van der Waals surface area (Å²) in [7, 11) is 2.13. The highest BCUT2D eigenvalue weighted by Gasteiger charge is 2.43. The van der Waals surface area contributed by atoms with Crippen molar-refractivity contribution in [2.75, 3.05) is 38.2 Å². The van der Waals surface area contributed by atoms with Gasteiger partial charge in [-0.2, -0.15) is 9.97 Å². The molecule has 7 rings (SSSR count). The van der Waals surface area contributed by atoms with E-state index in [1.165, 1.54) is 6.92 Å². The third-order valence-electron chi connectivity index (χ3n) is 9.29. The van der Waals surface area contributed by atoms with Crippen molar-refractivity contribution in [2.24, 2.45) is 0 Å². The zero-order chi connectivity index (χ0) is 29.0. The minimum atomic E-state index is -1.00. The van der Waals surface area contributed by atoms with E-state index in [0.29, 0.717) is 31.7 Å². The number of aromatic hydroxyl groups is 1. The smallest absolute Gasteiger partial charge is 0.319 e. The third-order valence-corrected chi connectivity index (χ3v) is 9.29. The normalized spacial score (nSPS) is 23.2. The zero-order valence-corrected chi connectivity index (χ0v) is 24.1. The molecule has 3 aliphatic rings. The van der Waals surface area contributed by atoms with Gasteiger partial charge < -0.3 is 29.6 Å². The molecule has 4 heterocycles. The number of likely N-dealkylation sites (N-methyl/N-ethyl adjacent to an activating group) is 1. The first-order chi connectivity index (χ1) is 20.4. The van der Waals surface area contributed by atoms with E-state index in [4.69, 9.17) is 14.7 Å². The quantitative estimate of drug-likeness (QED) is 0.358. The number of nitrogens with zero attached hydrogens (tertiary/aromatic N) is 5. The van der Waals surface area contributed by atoms with Crippen LogP contribution >= 0.6 is 0 Å². The molecule has 1 aromatic heterocycles. The van der Waals surface area contributed by atoms with Crippen LogP contribution in [0.15, 0.2) is 54.6 Å². The van der Waals surface area contributed by atoms with Gasteiger partial charge in [0.2, 0.25) is 0 Å². The first-order valence-corrected chi connectivity index (χ1v) is 15.0. The highest BCUT2D eigenvalue weighted by molar-refractivity contribution is 6.01. The second kappa shape index (κ2) is 10.7. The van der Waals surface area contributed by atoms with Gasteiger partial charge in [-0.1, -0.05) is 30.3 Å². The fourth-order valence-electron chi connectivity index (χ4n) is 7.11. The molecule has 3 saturated heterocycles. The number of piperazine rings is 1. The van der Waals surface area contributed by atoms with Gasteiger partial charge in [0.1, 0.15) is 24.3 Å². The first kappa shape index (κ1) is 26.9. The number of fused-ring (bicyclic) bond motifs is 4. The van der Waals surface area contributed by atoms with E-state index in [-0.39, 0.29) is 23.7 Å². The van der Waals surface area contributed by atoms with Crippen LogP contribution in [-0.2, 0) is 4.79 Å². The number of phenolic OH excluding ortho intramolecular Hbond substituents is 1. The van der Waals surface area contributed by atoms with E-state index >= 15 is 0 Å². The molecule has 0 spiro atoms. The molecule has 4 atom stereocenters. The molecule has 3 aliphatic heterocycles. The minimum absolute atomic E-state index is 0.105. The predicted octanol–water partition coefficient (Wildman–Crippen LogP) is 4.19. The van der Waals surface area contributed by atoms with Crippen LogP contribution in [0.25, 0.3) is 32.8 Å². The van der Waals surface area contributed by atoms with Crippen molar-refractivity contribution in [3.63, 3.8) is 0 Å². The summed E-state index contributed by atoms with van der Waals surface area (Å²) in [6.07, 6.45) is 3.16. The van der Waals surface area contributed by atoms with Gasteiger partial charge in [-0.15, -0.1) is 0 Å². The molecule has 0 saturated carbocycles. The summed E-state index contributed by atoms with van der Waals surface area (Å²) < 4.78 is 6.29. The Kier molecular flexibility index (Phi) is 6.86. The molecule has 1 amide bonds. The van der Waals surface area contributed by atoms with Crippen molar-refractivity contribution in [1.82, 2.24) is 19.8 Å². The lowest BCUT2D eigenvalue weighted by Crippen LogP contribution is -2.57. The summed E-state index contributed by atoms with van der Waals surface area (Å²) in [4.78, 5) is 29.0. The van der Waals surface area contributed by atoms with Crippen molar-refractivity contribution in [3.05, 3.63) is 54.6 Å². The van der Waals surface area contributed by atoms with Crippen LogP contribution in [0.4, 0.5) is 5.82 Å². The number of carbonyl (C=O) groups is 1. The average molecular weight is 568 g/mol. The Labute approximate surface area is 245 Å². The predicted molar refractivity (Wildman–Crippen MR) is 163 cm³/mol. The van der Waals surface area contributed by atoms with Gasteiger partial charge in [-0.05, 0) is 92.4 Å². The van der Waals surface area contributed by atoms with Crippen LogP contribution in [0.3, 0.4) is 0 Å². The average Bonchev–Trinajstić information content (AvgIpc) is 3.52. The van der Waals surface area contributed by atoms with Crippen LogP contribution in [0.5, 0.6) is 11.8 Å². The van der Waals surface area contributed by atoms with Gasteiger partial charge in [0.25, 0.3) is 5.91 Å². The fraction of sp³-hybridized carbons (Fsp3) is 0.424. The molecule has 4 aromatic rings. The van der Waals surface area contributed by atoms with Crippen LogP contribution in [0.1, 0.15) is 32.6 Å². The second-order valence-corrected chi connectivity index (χ2v) is 12.1. The molecule has 2 N–H and O–H groups in total. The van der Waals surface area contributed by atoms with Crippen molar-refractivity contribution in [2.45, 2.75) is 56.8 Å². The molecule has 3 fully saturated rings. The van der Waals surface area contributed by atoms with Gasteiger partial charge >= 0.3 is 6.01 Å². The third kappa shape index (κ3) is 4.80. The molecule has 0 unspecified atom stereocenters. The van der Waals surface area contributed by atoms with E-state index in [2.05, 4.69) is 41.1 Å². The van der Waals surface area contributed by atoms with Gasteiger partial charge in [-0.3, -0.25) is 4.79 Å². The van der Waals surface area contributed by atoms with Crippen LogP contribution in [-0.4, -0.2) is 93.4 Å². The number of amides is 1. The van der Waals surface area contributed by atoms with Crippen LogP contribution < -0.4 is 9.64 Å². The molecule has 0 aliphatic carbocycles. The standard InChI is InChI=1S/C33H37N5O4/c1-20(39)32(41)37-17-23-10-11-24(18-37)38(23)31-28-12-9-22(29-16-26(40)14-21-6-3-4-8-27(21)29)15-30(28)34-33(35-31)42-19-25-7-5-13-36(25)2/h3-4,6,8-9,12,14-16,20,23-25,39-40H,5,7,10-11,13,17-19H2,1-2H3/t20-,23-,24+,25-/m0/s1. The Bertz CT molecular complexity index is 1640. The van der Waals surface area contributed by atoms with E-state index < -0.39 is 6.10 Å². The number of benzene rings is 3. The van der Waals surface area contributed by atoms with Gasteiger partial charge in [0.15, 0.2) is 0 Å². The largest absolute Gasteiger partial charge is 0.508 e. The summed E-state index contributed by atoms with van der Waals surface area (Å²) in [6, 6.07) is 18.7. The molecular formula is C33H37N5O4. The molecule has 0 radical (unpaired) electrons. The second-order valence-electron chi connectivity index (χ2n) is 12.1. The maximum atomic E-state index is 12.6. The maximum Gasteiger partial charge on any atom is 0.319 e. The number of aliphatic hydroxyl groups excluding tert-OH is 1. The van der Waals surface area contributed by atoms with E-state index in [9.17, 15) is 15.0 Å². The number of aliphatic hydroxyl groups is 1. The summed E-state index contributed by atoms with van der Waals surface area (Å²) in [5.41, 5.74) is 2.67. The number of phenols is 1. The van der Waals surface area contributed by atoms with E-state index in [0.717, 1.165) is 70.8 Å². The summed E-state index contributed by atoms with van der Waals surface area (Å²) >= 11 is 0. The lowest BCUT2D eigenvalue weighted by Gasteiger charge is -2.42. The maximum absolute atomic E-state index is 12.6. The number of likely N-dealkylation sites (tertiary alicyclic amines) is 2. The zero-order valence-electron chi connectivity index (χ0n) is 24.1. The number of hydrogen-bond acceptors (Lipinski definition) is 8. The highest BCUT2D eigenvalue weighted by Crippen LogP contribution is 2.40. The Morgan fingerprint density at radius 3 is 2.55 bits per heavy atom. The van der Waals surface area contributed by atoms with E-state index in [1.807, 2.05) is 18.2 Å². The number of carbonyl (C=O) groups excluding carboxylic acids is 1. The van der Waals surface area contributed by atoms with Gasteiger partial charge in [0.05, 0.1) is 5.52 Å². The van der Waals surface area contributed by atoms with Crippen molar-refractivity contribution in [3.8, 4) is 22.9 Å². The lowest BCUT2D eigenvalue weighted by molar-refractivity contribution is -0.140. The first-order valence-electron chi connectivity index (χ1n) is 15.0. The Balaban J connectivity index is 1.30. The summed E-state index contributed by atoms with van der Waals surface area (Å²) in [5.74, 6) is 0.837. The number of ether oxygens (including phenoxy) is 1. The topological polar surface area (TPSA) is 102 Å². The Hall–Kier alpha value is -3.95. The molecule has 218 valence electrons. The van der Waals surface area contributed by atoms with Crippen molar-refractivity contribution >= 4 is 33.4 Å².